The van der Waals surface area contributed by atoms with Crippen molar-refractivity contribution < 1.29 is 14.3 Å². The van der Waals surface area contributed by atoms with E-state index in [1.54, 1.807) is 0 Å². The fourth-order valence-electron chi connectivity index (χ4n) is 3.55. The second-order valence-electron chi connectivity index (χ2n) is 6.69. The van der Waals surface area contributed by atoms with Crippen molar-refractivity contribution in [2.75, 3.05) is 6.61 Å². The summed E-state index contributed by atoms with van der Waals surface area (Å²) in [6.45, 7) is 6.68. The Hall–Kier alpha value is -1.10. The Morgan fingerprint density at radius 1 is 1.25 bits per heavy atom. The molecule has 5 heteroatoms. The lowest BCUT2D eigenvalue weighted by Gasteiger charge is -2.44. The van der Waals surface area contributed by atoms with Gasteiger partial charge in [0.15, 0.2) is 0 Å². The highest BCUT2D eigenvalue weighted by Crippen LogP contribution is 2.37. The van der Waals surface area contributed by atoms with Crippen molar-refractivity contribution in [3.05, 3.63) is 0 Å². The summed E-state index contributed by atoms with van der Waals surface area (Å²) in [5, 5.41) is 2.96. The van der Waals surface area contributed by atoms with Crippen molar-refractivity contribution >= 4 is 11.8 Å². The maximum atomic E-state index is 12.9. The lowest BCUT2D eigenvalue weighted by atomic mass is 9.92. The third kappa shape index (κ3) is 2.22. The van der Waals surface area contributed by atoms with Crippen LogP contribution in [0.4, 0.5) is 0 Å². The maximum Gasteiger partial charge on any atom is 0.246 e. The standard InChI is InChI=1S/C15H24N2O3/c1-8(2)13-14(18)16-12(10-4-5-10)15(19)17(13)11-6-7-20-9(11)3/h8-13H,4-7H2,1-3H3,(H,16,18). The van der Waals surface area contributed by atoms with Gasteiger partial charge >= 0.3 is 0 Å². The van der Waals surface area contributed by atoms with E-state index < -0.39 is 0 Å². The third-order valence-corrected chi connectivity index (χ3v) is 4.81. The van der Waals surface area contributed by atoms with E-state index in [0.717, 1.165) is 19.3 Å². The lowest BCUT2D eigenvalue weighted by Crippen LogP contribution is -2.68. The Morgan fingerprint density at radius 3 is 2.45 bits per heavy atom. The molecule has 20 heavy (non-hydrogen) atoms. The van der Waals surface area contributed by atoms with Crippen molar-refractivity contribution in [1.29, 1.82) is 0 Å². The molecule has 2 heterocycles. The molecule has 3 aliphatic rings. The molecule has 0 radical (unpaired) electrons. The molecule has 0 spiro atoms. The normalized spacial score (nSPS) is 38.5. The van der Waals surface area contributed by atoms with E-state index in [4.69, 9.17) is 4.74 Å². The summed E-state index contributed by atoms with van der Waals surface area (Å²) in [7, 11) is 0. The lowest BCUT2D eigenvalue weighted by molar-refractivity contribution is -0.156. The zero-order chi connectivity index (χ0) is 14.4. The topological polar surface area (TPSA) is 58.6 Å². The summed E-state index contributed by atoms with van der Waals surface area (Å²) in [6.07, 6.45) is 2.95. The number of piperazine rings is 1. The van der Waals surface area contributed by atoms with Gasteiger partial charge < -0.3 is 15.0 Å². The number of nitrogens with zero attached hydrogens (tertiary/aromatic N) is 1. The summed E-state index contributed by atoms with van der Waals surface area (Å²) in [4.78, 5) is 27.2. The largest absolute Gasteiger partial charge is 0.376 e. The minimum Gasteiger partial charge on any atom is -0.376 e. The zero-order valence-corrected chi connectivity index (χ0v) is 12.5. The molecule has 4 unspecified atom stereocenters. The Balaban J connectivity index is 1.90. The highest BCUT2D eigenvalue weighted by atomic mass is 16.5. The number of rotatable bonds is 3. The minimum atomic E-state index is -0.355. The smallest absolute Gasteiger partial charge is 0.246 e. The second-order valence-corrected chi connectivity index (χ2v) is 6.69. The minimum absolute atomic E-state index is 0.00981. The van der Waals surface area contributed by atoms with Gasteiger partial charge in [-0.05, 0) is 38.0 Å². The van der Waals surface area contributed by atoms with Gasteiger partial charge in [0.25, 0.3) is 0 Å². The molecule has 112 valence electrons. The molecule has 2 aliphatic heterocycles. The van der Waals surface area contributed by atoms with Crippen LogP contribution in [0, 0.1) is 11.8 Å². The van der Waals surface area contributed by atoms with Crippen molar-refractivity contribution in [2.45, 2.75) is 64.3 Å². The molecule has 4 atom stereocenters. The van der Waals surface area contributed by atoms with Gasteiger partial charge in [0.2, 0.25) is 11.8 Å². The van der Waals surface area contributed by atoms with Gasteiger partial charge in [-0.2, -0.15) is 0 Å². The SMILES string of the molecule is CC(C)C1C(=O)NC(C2CC2)C(=O)N1C1CCOC1C. The molecule has 2 amide bonds. The number of hydrogen-bond donors (Lipinski definition) is 1. The monoisotopic (exact) mass is 280 g/mol. The van der Waals surface area contributed by atoms with Crippen LogP contribution in [0.15, 0.2) is 0 Å². The van der Waals surface area contributed by atoms with Gasteiger partial charge in [-0.1, -0.05) is 13.8 Å². The van der Waals surface area contributed by atoms with Crippen LogP contribution >= 0.6 is 0 Å². The second kappa shape index (κ2) is 5.02. The molecule has 1 saturated carbocycles. The van der Waals surface area contributed by atoms with Gasteiger partial charge in [-0.25, -0.2) is 0 Å². The predicted molar refractivity (Wildman–Crippen MR) is 73.9 cm³/mol. The van der Waals surface area contributed by atoms with E-state index >= 15 is 0 Å². The number of hydrogen-bond acceptors (Lipinski definition) is 3. The Labute approximate surface area is 120 Å². The van der Waals surface area contributed by atoms with Crippen molar-refractivity contribution in [1.82, 2.24) is 10.2 Å². The number of carbonyl (C=O) groups excluding carboxylic acids is 2. The molecule has 3 rings (SSSR count). The first-order chi connectivity index (χ1) is 9.50. The molecular weight excluding hydrogens is 256 g/mol. The highest BCUT2D eigenvalue weighted by Gasteiger charge is 2.51. The Kier molecular flexibility index (Phi) is 3.48. The summed E-state index contributed by atoms with van der Waals surface area (Å²) in [6, 6.07) is -0.612. The quantitative estimate of drug-likeness (QED) is 0.836. The molecular formula is C15H24N2O3. The van der Waals surface area contributed by atoms with E-state index in [2.05, 4.69) is 5.32 Å². The highest BCUT2D eigenvalue weighted by molar-refractivity contribution is 5.97. The van der Waals surface area contributed by atoms with Crippen molar-refractivity contribution in [3.63, 3.8) is 0 Å². The maximum absolute atomic E-state index is 12.9. The summed E-state index contributed by atoms with van der Waals surface area (Å²) < 4.78 is 5.62. The van der Waals surface area contributed by atoms with Gasteiger partial charge in [-0.15, -0.1) is 0 Å². The molecule has 5 nitrogen and oxygen atoms in total. The molecule has 2 saturated heterocycles. The molecule has 1 aliphatic carbocycles. The van der Waals surface area contributed by atoms with Crippen LogP contribution in [0.1, 0.15) is 40.0 Å². The van der Waals surface area contributed by atoms with Gasteiger partial charge in [0.1, 0.15) is 12.1 Å². The third-order valence-electron chi connectivity index (χ3n) is 4.81. The number of amides is 2. The molecule has 0 aromatic heterocycles. The first kappa shape index (κ1) is 13.9. The molecule has 0 bridgehead atoms. The van der Waals surface area contributed by atoms with E-state index in [1.807, 2.05) is 25.7 Å². The van der Waals surface area contributed by atoms with Crippen molar-refractivity contribution in [3.8, 4) is 0 Å². The Morgan fingerprint density at radius 2 is 1.95 bits per heavy atom. The first-order valence-electron chi connectivity index (χ1n) is 7.75. The van der Waals surface area contributed by atoms with Gasteiger partial charge in [-0.3, -0.25) is 9.59 Å². The Bertz CT molecular complexity index is 419. The van der Waals surface area contributed by atoms with Crippen LogP contribution in [0.5, 0.6) is 0 Å². The van der Waals surface area contributed by atoms with Gasteiger partial charge in [0.05, 0.1) is 12.1 Å². The number of nitrogens with one attached hydrogen (secondary N) is 1. The zero-order valence-electron chi connectivity index (χ0n) is 12.5. The fraction of sp³-hybridized carbons (Fsp3) is 0.867. The van der Waals surface area contributed by atoms with E-state index in [0.29, 0.717) is 12.5 Å². The number of carbonyl (C=O) groups is 2. The van der Waals surface area contributed by atoms with Crippen LogP contribution in [0.3, 0.4) is 0 Å². The van der Waals surface area contributed by atoms with E-state index in [1.165, 1.54) is 0 Å². The summed E-state index contributed by atoms with van der Waals surface area (Å²) >= 11 is 0. The van der Waals surface area contributed by atoms with Gasteiger partial charge in [0, 0.05) is 6.61 Å². The van der Waals surface area contributed by atoms with Crippen LogP contribution in [-0.2, 0) is 14.3 Å². The van der Waals surface area contributed by atoms with Crippen LogP contribution in [0.2, 0.25) is 0 Å². The first-order valence-corrected chi connectivity index (χ1v) is 7.75. The van der Waals surface area contributed by atoms with Crippen LogP contribution in [-0.4, -0.2) is 47.6 Å². The van der Waals surface area contributed by atoms with Crippen LogP contribution < -0.4 is 5.32 Å². The molecule has 0 aromatic rings. The molecule has 0 aromatic carbocycles. The van der Waals surface area contributed by atoms with E-state index in [9.17, 15) is 9.59 Å². The summed E-state index contributed by atoms with van der Waals surface area (Å²) in [5.41, 5.74) is 0. The average Bonchev–Trinajstić information content (AvgIpc) is 3.14. The van der Waals surface area contributed by atoms with Crippen molar-refractivity contribution in [2.24, 2.45) is 11.8 Å². The fourth-order valence-corrected chi connectivity index (χ4v) is 3.55. The van der Waals surface area contributed by atoms with E-state index in [-0.39, 0.29) is 42.0 Å². The predicted octanol–water partition coefficient (Wildman–Crippen LogP) is 0.925. The summed E-state index contributed by atoms with van der Waals surface area (Å²) in [5.74, 6) is 0.579. The average molecular weight is 280 g/mol. The molecule has 1 N–H and O–H groups in total. The number of ether oxygens (including phenoxy) is 1. The van der Waals surface area contributed by atoms with Crippen LogP contribution in [0.25, 0.3) is 0 Å². The molecule has 3 fully saturated rings.